The summed E-state index contributed by atoms with van der Waals surface area (Å²) in [6, 6.07) is 8.51. The van der Waals surface area contributed by atoms with Gasteiger partial charge in [0.2, 0.25) is 0 Å². The second-order valence-corrected chi connectivity index (χ2v) is 7.33. The maximum atomic E-state index is 13.0. The monoisotopic (exact) mass is 373 g/mol. The highest BCUT2D eigenvalue weighted by molar-refractivity contribution is 5.85. The summed E-state index contributed by atoms with van der Waals surface area (Å²) >= 11 is 0. The molecule has 27 heavy (non-hydrogen) atoms. The van der Waals surface area contributed by atoms with Crippen LogP contribution in [0.5, 0.6) is 0 Å². The molecule has 1 amide bonds. The van der Waals surface area contributed by atoms with E-state index in [-0.39, 0.29) is 11.9 Å². The number of amides is 1. The van der Waals surface area contributed by atoms with Crippen LogP contribution >= 0.6 is 0 Å². The zero-order chi connectivity index (χ0) is 19.2. The number of aryl methyl sites for hydroxylation is 1. The molecule has 6 heteroatoms. The molecule has 2 heterocycles. The molecule has 1 N–H and O–H groups in total. The summed E-state index contributed by atoms with van der Waals surface area (Å²) in [4.78, 5) is 15.0. The Balaban J connectivity index is 1.83. The number of nitrogens with zero attached hydrogens (tertiary/aromatic N) is 2. The first kappa shape index (κ1) is 19.9. The van der Waals surface area contributed by atoms with E-state index in [0.717, 1.165) is 26.1 Å². The zero-order valence-electron chi connectivity index (χ0n) is 16.6. The summed E-state index contributed by atoms with van der Waals surface area (Å²) in [5, 5.41) is 4.45. The standard InChI is InChI=1S/C21H31N3O3/c1-16(2)24(21(25)20-13-22-9-12-27-20)15-17-14-23(10-6-11-26-3)19-8-5-4-7-18(17)19/h4-5,7-8,14,16,20,22H,6,9-13,15H2,1-3H3/t20-/m1/s1. The van der Waals surface area contributed by atoms with E-state index in [2.05, 4.69) is 54.2 Å². The summed E-state index contributed by atoms with van der Waals surface area (Å²) in [6.45, 7) is 8.33. The van der Waals surface area contributed by atoms with Crippen molar-refractivity contribution in [3.8, 4) is 0 Å². The number of morpholine rings is 1. The Morgan fingerprint density at radius 1 is 1.41 bits per heavy atom. The fourth-order valence-corrected chi connectivity index (χ4v) is 3.62. The van der Waals surface area contributed by atoms with Crippen LogP contribution in [0.2, 0.25) is 0 Å². The molecule has 1 atom stereocenters. The highest BCUT2D eigenvalue weighted by Gasteiger charge is 2.29. The van der Waals surface area contributed by atoms with E-state index in [4.69, 9.17) is 9.47 Å². The van der Waals surface area contributed by atoms with Crippen molar-refractivity contribution in [3.63, 3.8) is 0 Å². The molecule has 0 bridgehead atoms. The van der Waals surface area contributed by atoms with Gasteiger partial charge in [0, 0.05) is 63.0 Å². The van der Waals surface area contributed by atoms with Crippen LogP contribution in [0.3, 0.4) is 0 Å². The summed E-state index contributed by atoms with van der Waals surface area (Å²) in [5.74, 6) is 0.0633. The molecule has 2 aromatic rings. The number of nitrogens with one attached hydrogen (secondary N) is 1. The van der Waals surface area contributed by atoms with Crippen LogP contribution in [-0.2, 0) is 27.4 Å². The molecule has 1 saturated heterocycles. The van der Waals surface area contributed by atoms with Crippen LogP contribution in [0.1, 0.15) is 25.8 Å². The second kappa shape index (κ2) is 9.35. The molecule has 1 aliphatic rings. The number of hydrogen-bond donors (Lipinski definition) is 1. The first-order valence-electron chi connectivity index (χ1n) is 9.80. The second-order valence-electron chi connectivity index (χ2n) is 7.33. The molecule has 6 nitrogen and oxygen atoms in total. The summed E-state index contributed by atoms with van der Waals surface area (Å²) in [7, 11) is 1.73. The number of hydrogen-bond acceptors (Lipinski definition) is 4. The van der Waals surface area contributed by atoms with Gasteiger partial charge in [-0.1, -0.05) is 18.2 Å². The van der Waals surface area contributed by atoms with Crippen molar-refractivity contribution in [3.05, 3.63) is 36.0 Å². The van der Waals surface area contributed by atoms with Gasteiger partial charge in [0.15, 0.2) is 0 Å². The zero-order valence-corrected chi connectivity index (χ0v) is 16.6. The van der Waals surface area contributed by atoms with Gasteiger partial charge in [-0.15, -0.1) is 0 Å². The van der Waals surface area contributed by atoms with Gasteiger partial charge in [0.25, 0.3) is 5.91 Å². The molecule has 0 spiro atoms. The van der Waals surface area contributed by atoms with Crippen molar-refractivity contribution >= 4 is 16.8 Å². The third-order valence-electron chi connectivity index (χ3n) is 5.07. The van der Waals surface area contributed by atoms with Crippen LogP contribution in [0, 0.1) is 0 Å². The fourth-order valence-electron chi connectivity index (χ4n) is 3.62. The van der Waals surface area contributed by atoms with Crippen molar-refractivity contribution in [2.24, 2.45) is 0 Å². The van der Waals surface area contributed by atoms with Crippen LogP contribution in [0.4, 0.5) is 0 Å². The lowest BCUT2D eigenvalue weighted by Gasteiger charge is -2.32. The lowest BCUT2D eigenvalue weighted by molar-refractivity contribution is -0.147. The summed E-state index contributed by atoms with van der Waals surface area (Å²) < 4.78 is 13.2. The minimum atomic E-state index is -0.392. The van der Waals surface area contributed by atoms with Crippen molar-refractivity contribution < 1.29 is 14.3 Å². The minimum absolute atomic E-state index is 0.0633. The Labute approximate surface area is 161 Å². The van der Waals surface area contributed by atoms with Crippen LogP contribution in [-0.4, -0.2) is 60.9 Å². The maximum Gasteiger partial charge on any atom is 0.253 e. The Kier molecular flexibility index (Phi) is 6.88. The Morgan fingerprint density at radius 2 is 2.22 bits per heavy atom. The molecule has 0 unspecified atom stereocenters. The van der Waals surface area contributed by atoms with Gasteiger partial charge in [-0.2, -0.15) is 0 Å². The third-order valence-corrected chi connectivity index (χ3v) is 5.07. The topological polar surface area (TPSA) is 55.7 Å². The molecule has 1 aliphatic heterocycles. The quantitative estimate of drug-likeness (QED) is 0.722. The van der Waals surface area contributed by atoms with E-state index >= 15 is 0 Å². The number of methoxy groups -OCH3 is 1. The van der Waals surface area contributed by atoms with E-state index in [0.29, 0.717) is 19.7 Å². The lowest BCUT2D eigenvalue weighted by Crippen LogP contribution is -2.50. The van der Waals surface area contributed by atoms with E-state index in [1.54, 1.807) is 7.11 Å². The van der Waals surface area contributed by atoms with E-state index in [9.17, 15) is 4.79 Å². The number of aromatic nitrogens is 1. The van der Waals surface area contributed by atoms with Gasteiger partial charge in [-0.05, 0) is 31.9 Å². The smallest absolute Gasteiger partial charge is 0.253 e. The van der Waals surface area contributed by atoms with Crippen LogP contribution in [0.25, 0.3) is 10.9 Å². The normalized spacial score (nSPS) is 17.6. The first-order valence-corrected chi connectivity index (χ1v) is 9.80. The molecule has 0 radical (unpaired) electrons. The molecule has 1 fully saturated rings. The molecule has 148 valence electrons. The number of rotatable bonds is 8. The van der Waals surface area contributed by atoms with Gasteiger partial charge >= 0.3 is 0 Å². The SMILES string of the molecule is COCCCn1cc(CN(C(=O)[C@H]2CNCCO2)C(C)C)c2ccccc21. The average molecular weight is 373 g/mol. The first-order chi connectivity index (χ1) is 13.1. The molecule has 3 rings (SSSR count). The number of carbonyl (C=O) groups excluding carboxylic acids is 1. The molecule has 1 aromatic carbocycles. The highest BCUT2D eigenvalue weighted by atomic mass is 16.5. The van der Waals surface area contributed by atoms with E-state index in [1.165, 1.54) is 16.5 Å². The lowest BCUT2D eigenvalue weighted by atomic mass is 10.1. The third kappa shape index (κ3) is 4.69. The van der Waals surface area contributed by atoms with Gasteiger partial charge in [0.05, 0.1) is 6.61 Å². The van der Waals surface area contributed by atoms with Gasteiger partial charge < -0.3 is 24.3 Å². The van der Waals surface area contributed by atoms with Crippen LogP contribution < -0.4 is 5.32 Å². The predicted molar refractivity (Wildman–Crippen MR) is 107 cm³/mol. The summed E-state index contributed by atoms with van der Waals surface area (Å²) in [6.07, 6.45) is 2.75. The minimum Gasteiger partial charge on any atom is -0.385 e. The predicted octanol–water partition coefficient (Wildman–Crippen LogP) is 2.40. The number of carbonyl (C=O) groups is 1. The van der Waals surface area contributed by atoms with Crippen molar-refractivity contribution in [1.29, 1.82) is 0 Å². The van der Waals surface area contributed by atoms with Crippen LogP contribution in [0.15, 0.2) is 30.5 Å². The molecular formula is C21H31N3O3. The van der Waals surface area contributed by atoms with Gasteiger partial charge in [-0.25, -0.2) is 0 Å². The fraction of sp³-hybridized carbons (Fsp3) is 0.571. The summed E-state index contributed by atoms with van der Waals surface area (Å²) in [5.41, 5.74) is 2.38. The molecular weight excluding hydrogens is 342 g/mol. The van der Waals surface area contributed by atoms with E-state index < -0.39 is 6.10 Å². The van der Waals surface area contributed by atoms with Crippen molar-refractivity contribution in [2.75, 3.05) is 33.4 Å². The Morgan fingerprint density at radius 3 is 2.93 bits per heavy atom. The Bertz CT molecular complexity index is 750. The average Bonchev–Trinajstić information content (AvgIpc) is 3.04. The number of ether oxygens (including phenoxy) is 2. The largest absolute Gasteiger partial charge is 0.385 e. The number of para-hydroxylation sites is 1. The van der Waals surface area contributed by atoms with Gasteiger partial charge in [0.1, 0.15) is 6.10 Å². The highest BCUT2D eigenvalue weighted by Crippen LogP contribution is 2.24. The van der Waals surface area contributed by atoms with E-state index in [1.807, 2.05) is 4.90 Å². The molecule has 1 aromatic heterocycles. The number of fused-ring (bicyclic) bond motifs is 1. The van der Waals surface area contributed by atoms with Crippen molar-refractivity contribution in [1.82, 2.24) is 14.8 Å². The maximum absolute atomic E-state index is 13.0. The molecule has 0 aliphatic carbocycles. The Hall–Kier alpha value is -1.89. The molecule has 0 saturated carbocycles. The van der Waals surface area contributed by atoms with Gasteiger partial charge in [-0.3, -0.25) is 4.79 Å². The number of benzene rings is 1. The van der Waals surface area contributed by atoms with Crippen molar-refractivity contribution in [2.45, 2.75) is 45.5 Å².